The molecule has 0 aliphatic carbocycles. The topological polar surface area (TPSA) is 76.7 Å². The summed E-state index contributed by atoms with van der Waals surface area (Å²) < 4.78 is 0. The van der Waals surface area contributed by atoms with Crippen molar-refractivity contribution in [1.82, 2.24) is 15.0 Å². The van der Waals surface area contributed by atoms with Gasteiger partial charge in [-0.2, -0.15) is 0 Å². The molecule has 0 spiro atoms. The maximum absolute atomic E-state index is 5.90. The molecule has 0 bridgehead atoms. The van der Waals surface area contributed by atoms with E-state index < -0.39 is 0 Å². The SMILES string of the molecule is Cc1ncsc1CNc1ncnc(N)c1C(C)C. The molecule has 0 aliphatic heterocycles. The molecular weight excluding hydrogens is 246 g/mol. The Hall–Kier alpha value is -1.69. The first-order valence-electron chi connectivity index (χ1n) is 5.82. The molecule has 0 radical (unpaired) electrons. The fraction of sp³-hybridized carbons (Fsp3) is 0.417. The summed E-state index contributed by atoms with van der Waals surface area (Å²) in [5.74, 6) is 1.64. The quantitative estimate of drug-likeness (QED) is 0.886. The predicted octanol–water partition coefficient (Wildman–Crippen LogP) is 2.56. The molecule has 5 nitrogen and oxygen atoms in total. The van der Waals surface area contributed by atoms with Gasteiger partial charge in [0, 0.05) is 10.4 Å². The number of nitrogens with zero attached hydrogens (tertiary/aromatic N) is 3. The molecule has 6 heteroatoms. The van der Waals surface area contributed by atoms with Crippen molar-refractivity contribution >= 4 is 23.0 Å². The molecule has 0 fully saturated rings. The minimum atomic E-state index is 0.288. The lowest BCUT2D eigenvalue weighted by atomic mass is 10.0. The van der Waals surface area contributed by atoms with E-state index in [1.165, 1.54) is 11.2 Å². The molecule has 18 heavy (non-hydrogen) atoms. The van der Waals surface area contributed by atoms with Crippen molar-refractivity contribution in [1.29, 1.82) is 0 Å². The second-order valence-electron chi connectivity index (χ2n) is 4.39. The Morgan fingerprint density at radius 3 is 2.72 bits per heavy atom. The number of aryl methyl sites for hydroxylation is 1. The summed E-state index contributed by atoms with van der Waals surface area (Å²) in [6, 6.07) is 0. The third-order valence-corrected chi connectivity index (χ3v) is 3.69. The van der Waals surface area contributed by atoms with E-state index in [1.54, 1.807) is 11.3 Å². The molecular formula is C12H17N5S. The van der Waals surface area contributed by atoms with Crippen LogP contribution in [0.1, 0.15) is 35.9 Å². The largest absolute Gasteiger partial charge is 0.383 e. The van der Waals surface area contributed by atoms with Gasteiger partial charge in [-0.1, -0.05) is 13.8 Å². The fourth-order valence-corrected chi connectivity index (χ4v) is 2.50. The maximum Gasteiger partial charge on any atom is 0.135 e. The number of nitrogens with two attached hydrogens (primary N) is 1. The summed E-state index contributed by atoms with van der Waals surface area (Å²) in [7, 11) is 0. The first kappa shape index (κ1) is 12.8. The van der Waals surface area contributed by atoms with E-state index in [9.17, 15) is 0 Å². The van der Waals surface area contributed by atoms with E-state index in [1.807, 2.05) is 12.4 Å². The van der Waals surface area contributed by atoms with Crippen molar-refractivity contribution in [2.45, 2.75) is 33.2 Å². The lowest BCUT2D eigenvalue weighted by Gasteiger charge is -2.14. The maximum atomic E-state index is 5.90. The van der Waals surface area contributed by atoms with Crippen molar-refractivity contribution in [3.8, 4) is 0 Å². The van der Waals surface area contributed by atoms with Gasteiger partial charge in [0.2, 0.25) is 0 Å². The number of nitrogens with one attached hydrogen (secondary N) is 1. The van der Waals surface area contributed by atoms with Gasteiger partial charge >= 0.3 is 0 Å². The molecule has 2 heterocycles. The molecule has 0 aromatic carbocycles. The zero-order valence-corrected chi connectivity index (χ0v) is 11.6. The smallest absolute Gasteiger partial charge is 0.135 e. The average Bonchev–Trinajstić information content (AvgIpc) is 2.71. The average molecular weight is 263 g/mol. The van der Waals surface area contributed by atoms with Crippen LogP contribution >= 0.6 is 11.3 Å². The van der Waals surface area contributed by atoms with Crippen LogP contribution < -0.4 is 11.1 Å². The third kappa shape index (κ3) is 2.59. The highest BCUT2D eigenvalue weighted by Gasteiger charge is 2.13. The Morgan fingerprint density at radius 1 is 1.33 bits per heavy atom. The molecule has 0 amide bonds. The minimum Gasteiger partial charge on any atom is -0.383 e. The Labute approximate surface area is 111 Å². The van der Waals surface area contributed by atoms with Crippen LogP contribution in [-0.4, -0.2) is 15.0 Å². The summed E-state index contributed by atoms with van der Waals surface area (Å²) in [5.41, 5.74) is 9.78. The summed E-state index contributed by atoms with van der Waals surface area (Å²) in [6.07, 6.45) is 1.49. The normalized spacial score (nSPS) is 10.9. The van der Waals surface area contributed by atoms with E-state index in [4.69, 9.17) is 5.73 Å². The van der Waals surface area contributed by atoms with Crippen molar-refractivity contribution < 1.29 is 0 Å². The second kappa shape index (κ2) is 5.30. The highest BCUT2D eigenvalue weighted by molar-refractivity contribution is 7.09. The van der Waals surface area contributed by atoms with Crippen LogP contribution in [0.5, 0.6) is 0 Å². The van der Waals surface area contributed by atoms with Crippen LogP contribution in [0.2, 0.25) is 0 Å². The van der Waals surface area contributed by atoms with Crippen LogP contribution in [0.3, 0.4) is 0 Å². The summed E-state index contributed by atoms with van der Waals surface area (Å²) >= 11 is 1.64. The van der Waals surface area contributed by atoms with Crippen LogP contribution in [-0.2, 0) is 6.54 Å². The van der Waals surface area contributed by atoms with Gasteiger partial charge in [0.25, 0.3) is 0 Å². The van der Waals surface area contributed by atoms with Crippen molar-refractivity contribution in [3.05, 3.63) is 28.0 Å². The molecule has 0 saturated carbocycles. The Bertz CT molecular complexity index is 535. The summed E-state index contributed by atoms with van der Waals surface area (Å²) in [6.45, 7) is 6.88. The molecule has 2 rings (SSSR count). The summed E-state index contributed by atoms with van der Waals surface area (Å²) in [5, 5.41) is 3.32. The molecule has 0 aliphatic rings. The number of rotatable bonds is 4. The third-order valence-electron chi connectivity index (χ3n) is 2.75. The lowest BCUT2D eigenvalue weighted by Crippen LogP contribution is -2.09. The Kier molecular flexibility index (Phi) is 3.76. The van der Waals surface area contributed by atoms with E-state index in [0.717, 1.165) is 17.1 Å². The van der Waals surface area contributed by atoms with Gasteiger partial charge in [-0.15, -0.1) is 11.3 Å². The van der Waals surface area contributed by atoms with E-state index >= 15 is 0 Å². The second-order valence-corrected chi connectivity index (χ2v) is 5.33. The van der Waals surface area contributed by atoms with Gasteiger partial charge < -0.3 is 11.1 Å². The molecule has 2 aromatic rings. The van der Waals surface area contributed by atoms with Gasteiger partial charge in [0.15, 0.2) is 0 Å². The number of thiazole rings is 1. The zero-order chi connectivity index (χ0) is 13.1. The Balaban J connectivity index is 2.19. The van der Waals surface area contributed by atoms with Crippen LogP contribution in [0.15, 0.2) is 11.8 Å². The monoisotopic (exact) mass is 263 g/mol. The van der Waals surface area contributed by atoms with Gasteiger partial charge in [0.1, 0.15) is 18.0 Å². The number of hydrogen-bond donors (Lipinski definition) is 2. The number of anilines is 2. The number of nitrogen functional groups attached to an aromatic ring is 1. The predicted molar refractivity (Wildman–Crippen MR) is 74.7 cm³/mol. The van der Waals surface area contributed by atoms with Crippen LogP contribution in [0.4, 0.5) is 11.6 Å². The standard InChI is InChI=1S/C12H17N5S/c1-7(2)10-11(13)15-5-16-12(10)14-4-9-8(3)17-6-18-9/h5-7H,4H2,1-3H3,(H3,13,14,15,16). The van der Waals surface area contributed by atoms with E-state index in [2.05, 4.69) is 34.1 Å². The van der Waals surface area contributed by atoms with Gasteiger partial charge in [-0.3, -0.25) is 0 Å². The van der Waals surface area contributed by atoms with Crippen molar-refractivity contribution in [2.75, 3.05) is 11.1 Å². The highest BCUT2D eigenvalue weighted by Crippen LogP contribution is 2.27. The summed E-state index contributed by atoms with van der Waals surface area (Å²) in [4.78, 5) is 13.7. The molecule has 2 aromatic heterocycles. The Morgan fingerprint density at radius 2 is 2.11 bits per heavy atom. The van der Waals surface area contributed by atoms with Crippen LogP contribution in [0.25, 0.3) is 0 Å². The van der Waals surface area contributed by atoms with Crippen LogP contribution in [0, 0.1) is 6.92 Å². The fourth-order valence-electron chi connectivity index (χ4n) is 1.78. The molecule has 0 saturated heterocycles. The highest BCUT2D eigenvalue weighted by atomic mass is 32.1. The number of hydrogen-bond acceptors (Lipinski definition) is 6. The molecule has 0 atom stereocenters. The van der Waals surface area contributed by atoms with Gasteiger partial charge in [0.05, 0.1) is 17.7 Å². The first-order chi connectivity index (χ1) is 8.59. The molecule has 3 N–H and O–H groups in total. The molecule has 0 unspecified atom stereocenters. The van der Waals surface area contributed by atoms with E-state index in [0.29, 0.717) is 12.4 Å². The van der Waals surface area contributed by atoms with Crippen molar-refractivity contribution in [2.24, 2.45) is 0 Å². The van der Waals surface area contributed by atoms with Gasteiger partial charge in [-0.25, -0.2) is 15.0 Å². The van der Waals surface area contributed by atoms with Crippen molar-refractivity contribution in [3.63, 3.8) is 0 Å². The zero-order valence-electron chi connectivity index (χ0n) is 10.8. The lowest BCUT2D eigenvalue weighted by molar-refractivity contribution is 0.849. The van der Waals surface area contributed by atoms with Gasteiger partial charge in [-0.05, 0) is 12.8 Å². The first-order valence-corrected chi connectivity index (χ1v) is 6.70. The molecule has 96 valence electrons. The minimum absolute atomic E-state index is 0.288. The number of aromatic nitrogens is 3. The van der Waals surface area contributed by atoms with E-state index in [-0.39, 0.29) is 5.92 Å².